The van der Waals surface area contributed by atoms with Gasteiger partial charge in [-0.3, -0.25) is 0 Å². The number of fused-ring (bicyclic) bond motifs is 3. The van der Waals surface area contributed by atoms with E-state index >= 15 is 0 Å². The minimum atomic E-state index is -0.398. The van der Waals surface area contributed by atoms with Gasteiger partial charge < -0.3 is 14.9 Å². The predicted octanol–water partition coefficient (Wildman–Crippen LogP) is 3.28. The molecule has 0 radical (unpaired) electrons. The van der Waals surface area contributed by atoms with Crippen LogP contribution in [0.5, 0.6) is 0 Å². The van der Waals surface area contributed by atoms with Crippen molar-refractivity contribution in [3.63, 3.8) is 0 Å². The van der Waals surface area contributed by atoms with Crippen LogP contribution in [0, 0.1) is 13.8 Å². The molecule has 2 aromatic rings. The van der Waals surface area contributed by atoms with E-state index in [1.807, 2.05) is 6.07 Å². The number of guanidine groups is 1. The first-order chi connectivity index (χ1) is 11.1. The average Bonchev–Trinajstić information content (AvgIpc) is 2.82. The summed E-state index contributed by atoms with van der Waals surface area (Å²) >= 11 is 0. The quantitative estimate of drug-likeness (QED) is 0.909. The van der Waals surface area contributed by atoms with E-state index in [1.165, 1.54) is 22.4 Å². The second kappa shape index (κ2) is 6.46. The van der Waals surface area contributed by atoms with Gasteiger partial charge in [-0.25, -0.2) is 4.99 Å². The van der Waals surface area contributed by atoms with Crippen LogP contribution in [-0.4, -0.2) is 30.3 Å². The average molecular weight is 344 g/mol. The molecule has 0 aliphatic carbocycles. The molecule has 2 aliphatic rings. The highest BCUT2D eigenvalue weighted by molar-refractivity contribution is 6.16. The Hall–Kier alpha value is -2.04. The number of rotatable bonds is 2. The van der Waals surface area contributed by atoms with Crippen LogP contribution in [0.3, 0.4) is 0 Å². The van der Waals surface area contributed by atoms with Gasteiger partial charge in [-0.1, -0.05) is 30.3 Å². The Morgan fingerprint density at radius 2 is 1.75 bits per heavy atom. The number of aliphatic imine (C=N–C) groups is 1. The lowest BCUT2D eigenvalue weighted by molar-refractivity contribution is 0.188. The van der Waals surface area contributed by atoms with E-state index < -0.39 is 6.10 Å². The van der Waals surface area contributed by atoms with E-state index in [9.17, 15) is 5.11 Å². The third kappa shape index (κ3) is 2.76. The molecule has 2 aromatic carbocycles. The van der Waals surface area contributed by atoms with E-state index in [-0.39, 0.29) is 12.4 Å². The van der Waals surface area contributed by atoms with Crippen molar-refractivity contribution in [2.24, 2.45) is 4.99 Å². The zero-order chi connectivity index (χ0) is 16.0. The lowest BCUT2D eigenvalue weighted by Crippen LogP contribution is -2.46. The van der Waals surface area contributed by atoms with Crippen molar-refractivity contribution in [1.29, 1.82) is 0 Å². The largest absolute Gasteiger partial charge is 0.389 e. The minimum Gasteiger partial charge on any atom is -0.389 e. The number of anilines is 2. The van der Waals surface area contributed by atoms with Gasteiger partial charge in [-0.15, -0.1) is 12.4 Å². The Labute approximate surface area is 148 Å². The summed E-state index contributed by atoms with van der Waals surface area (Å²) in [4.78, 5) is 9.06. The maximum atomic E-state index is 10.0. The molecule has 1 atom stereocenters. The fourth-order valence-electron chi connectivity index (χ4n) is 3.31. The third-order valence-electron chi connectivity index (χ3n) is 4.68. The van der Waals surface area contributed by atoms with Gasteiger partial charge >= 0.3 is 0 Å². The highest BCUT2D eigenvalue weighted by Crippen LogP contribution is 2.41. The molecule has 0 bridgehead atoms. The summed E-state index contributed by atoms with van der Waals surface area (Å²) in [6.45, 7) is 6.15. The Bertz CT molecular complexity index is 776. The SMILES string of the molecule is Cc1cc2c(cc1C)N1CC(O)CN=C1N2Cc1ccccc1.Cl. The van der Waals surface area contributed by atoms with Gasteiger partial charge in [0.15, 0.2) is 0 Å². The van der Waals surface area contributed by atoms with Crippen LogP contribution >= 0.6 is 12.4 Å². The van der Waals surface area contributed by atoms with Gasteiger partial charge in [-0.05, 0) is 42.7 Å². The van der Waals surface area contributed by atoms with Gasteiger partial charge in [-0.2, -0.15) is 0 Å². The summed E-state index contributed by atoms with van der Waals surface area (Å²) in [6.07, 6.45) is -0.398. The van der Waals surface area contributed by atoms with Crippen molar-refractivity contribution in [3.05, 3.63) is 59.2 Å². The molecule has 1 unspecified atom stereocenters. The number of aliphatic hydroxyl groups is 1. The zero-order valence-corrected chi connectivity index (χ0v) is 14.8. The highest BCUT2D eigenvalue weighted by atomic mass is 35.5. The number of aryl methyl sites for hydroxylation is 2. The van der Waals surface area contributed by atoms with E-state index in [0.29, 0.717) is 13.1 Å². The maximum Gasteiger partial charge on any atom is 0.206 e. The number of nitrogens with zero attached hydrogens (tertiary/aromatic N) is 3. The Morgan fingerprint density at radius 1 is 1.08 bits per heavy atom. The molecule has 0 aromatic heterocycles. The minimum absolute atomic E-state index is 0. The summed E-state index contributed by atoms with van der Waals surface area (Å²) in [5.74, 6) is 0.958. The second-order valence-electron chi connectivity index (χ2n) is 6.40. The first kappa shape index (κ1) is 16.8. The summed E-state index contributed by atoms with van der Waals surface area (Å²) in [6, 6.07) is 14.9. The number of benzene rings is 2. The molecule has 0 spiro atoms. The molecule has 0 fully saturated rings. The summed E-state index contributed by atoms with van der Waals surface area (Å²) in [5, 5.41) is 10.0. The summed E-state index contributed by atoms with van der Waals surface area (Å²) < 4.78 is 0. The van der Waals surface area contributed by atoms with Crippen molar-refractivity contribution in [2.45, 2.75) is 26.5 Å². The van der Waals surface area contributed by atoms with E-state index in [2.05, 4.69) is 65.0 Å². The Morgan fingerprint density at radius 3 is 2.46 bits per heavy atom. The molecule has 126 valence electrons. The first-order valence-corrected chi connectivity index (χ1v) is 8.06. The molecule has 4 rings (SSSR count). The van der Waals surface area contributed by atoms with Crippen molar-refractivity contribution in [1.82, 2.24) is 0 Å². The molecule has 4 nitrogen and oxygen atoms in total. The molecular formula is C19H22ClN3O. The zero-order valence-electron chi connectivity index (χ0n) is 13.9. The van der Waals surface area contributed by atoms with Crippen molar-refractivity contribution in [3.8, 4) is 0 Å². The van der Waals surface area contributed by atoms with E-state index in [0.717, 1.165) is 18.2 Å². The van der Waals surface area contributed by atoms with Gasteiger partial charge in [0.05, 0.1) is 37.1 Å². The molecule has 2 heterocycles. The highest BCUT2D eigenvalue weighted by Gasteiger charge is 2.36. The predicted molar refractivity (Wildman–Crippen MR) is 101 cm³/mol. The van der Waals surface area contributed by atoms with Crippen LogP contribution in [0.15, 0.2) is 47.5 Å². The van der Waals surface area contributed by atoms with Crippen LogP contribution in [0.25, 0.3) is 0 Å². The van der Waals surface area contributed by atoms with Crippen molar-refractivity contribution >= 4 is 29.7 Å². The van der Waals surface area contributed by atoms with Crippen LogP contribution in [-0.2, 0) is 6.54 Å². The third-order valence-corrected chi connectivity index (χ3v) is 4.68. The first-order valence-electron chi connectivity index (χ1n) is 8.06. The fraction of sp³-hybridized carbons (Fsp3) is 0.316. The monoisotopic (exact) mass is 343 g/mol. The van der Waals surface area contributed by atoms with Gasteiger partial charge in [0.25, 0.3) is 0 Å². The molecular weight excluding hydrogens is 322 g/mol. The molecule has 2 aliphatic heterocycles. The molecule has 0 amide bonds. The normalized spacial score (nSPS) is 18.6. The Kier molecular flexibility index (Phi) is 4.52. The van der Waals surface area contributed by atoms with Crippen LogP contribution < -0.4 is 9.80 Å². The standard InChI is InChI=1S/C19H21N3O.ClH/c1-13-8-17-18(9-14(13)2)22-12-16(23)10-20-19(22)21(17)11-15-6-4-3-5-7-15;/h3-9,16,23H,10-12H2,1-2H3;1H. The molecule has 0 saturated carbocycles. The van der Waals surface area contributed by atoms with E-state index in [1.54, 1.807) is 0 Å². The Balaban J connectivity index is 0.00000169. The van der Waals surface area contributed by atoms with Crippen LogP contribution in [0.2, 0.25) is 0 Å². The number of hydrogen-bond donors (Lipinski definition) is 1. The smallest absolute Gasteiger partial charge is 0.206 e. The number of hydrogen-bond acceptors (Lipinski definition) is 4. The lowest BCUT2D eigenvalue weighted by Gasteiger charge is -2.29. The second-order valence-corrected chi connectivity index (χ2v) is 6.40. The van der Waals surface area contributed by atoms with Gasteiger partial charge in [0.2, 0.25) is 5.96 Å². The molecule has 0 saturated heterocycles. The topological polar surface area (TPSA) is 39.1 Å². The lowest BCUT2D eigenvalue weighted by atomic mass is 10.1. The molecule has 1 N–H and O–H groups in total. The van der Waals surface area contributed by atoms with E-state index in [4.69, 9.17) is 0 Å². The summed E-state index contributed by atoms with van der Waals surface area (Å²) in [7, 11) is 0. The van der Waals surface area contributed by atoms with Crippen molar-refractivity contribution in [2.75, 3.05) is 22.9 Å². The fourth-order valence-corrected chi connectivity index (χ4v) is 3.31. The number of halogens is 1. The van der Waals surface area contributed by atoms with Gasteiger partial charge in [0, 0.05) is 0 Å². The van der Waals surface area contributed by atoms with Crippen LogP contribution in [0.4, 0.5) is 11.4 Å². The van der Waals surface area contributed by atoms with Crippen molar-refractivity contribution < 1.29 is 5.11 Å². The van der Waals surface area contributed by atoms with Crippen LogP contribution in [0.1, 0.15) is 16.7 Å². The molecule has 24 heavy (non-hydrogen) atoms. The maximum absolute atomic E-state index is 10.0. The molecule has 5 heteroatoms. The number of aliphatic hydroxyl groups excluding tert-OH is 1. The summed E-state index contributed by atoms with van der Waals surface area (Å²) in [5.41, 5.74) is 6.14. The van der Waals surface area contributed by atoms with Gasteiger partial charge in [0.1, 0.15) is 0 Å².